The molecule has 0 aliphatic carbocycles. The van der Waals surface area contributed by atoms with Crippen LogP contribution in [0.4, 0.5) is 0 Å². The predicted octanol–water partition coefficient (Wildman–Crippen LogP) is 3.36. The number of amides is 1. The molecular formula is C21H18N2O5S2. The molecule has 0 spiro atoms. The number of carbonyl (C=O) groups is 1. The van der Waals surface area contributed by atoms with Crippen LogP contribution < -0.4 is 10.4 Å². The maximum absolute atomic E-state index is 12.8. The number of carbonyl (C=O) groups excluding carboxylic acids is 1. The van der Waals surface area contributed by atoms with Crippen molar-refractivity contribution in [1.29, 1.82) is 0 Å². The Kier molecular flexibility index (Phi) is 5.17. The van der Waals surface area contributed by atoms with E-state index in [1.165, 1.54) is 17.4 Å². The zero-order chi connectivity index (χ0) is 21.5. The Bertz CT molecular complexity index is 1520. The van der Waals surface area contributed by atoms with Crippen molar-refractivity contribution in [1.82, 2.24) is 4.57 Å². The molecule has 2 aromatic carbocycles. The second kappa shape index (κ2) is 7.66. The van der Waals surface area contributed by atoms with Gasteiger partial charge in [-0.05, 0) is 36.8 Å². The van der Waals surface area contributed by atoms with Crippen molar-refractivity contribution in [3.8, 4) is 0 Å². The summed E-state index contributed by atoms with van der Waals surface area (Å²) in [6.45, 7) is 2.58. The van der Waals surface area contributed by atoms with Crippen molar-refractivity contribution in [3.05, 3.63) is 69.3 Å². The van der Waals surface area contributed by atoms with Crippen molar-refractivity contribution >= 4 is 48.3 Å². The van der Waals surface area contributed by atoms with Crippen LogP contribution in [0.15, 0.2) is 67.6 Å². The third-order valence-electron chi connectivity index (χ3n) is 4.60. The van der Waals surface area contributed by atoms with E-state index in [-0.39, 0.29) is 10.5 Å². The first-order chi connectivity index (χ1) is 14.3. The molecular weight excluding hydrogens is 424 g/mol. The fourth-order valence-electron chi connectivity index (χ4n) is 3.17. The Labute approximate surface area is 175 Å². The molecule has 0 aliphatic rings. The number of para-hydroxylation sites is 1. The summed E-state index contributed by atoms with van der Waals surface area (Å²) >= 11 is 1.20. The molecule has 1 amide bonds. The number of aromatic nitrogens is 1. The first-order valence-corrected chi connectivity index (χ1v) is 11.9. The van der Waals surface area contributed by atoms with Crippen molar-refractivity contribution < 1.29 is 17.6 Å². The summed E-state index contributed by atoms with van der Waals surface area (Å²) in [6.07, 6.45) is 1.94. The Hall–Kier alpha value is -3.04. The summed E-state index contributed by atoms with van der Waals surface area (Å²) in [5, 5.41) is 0.631. The Morgan fingerprint density at radius 1 is 1.17 bits per heavy atom. The van der Waals surface area contributed by atoms with Crippen LogP contribution in [0.25, 0.3) is 21.2 Å². The number of hydrogen-bond donors (Lipinski definition) is 0. The average Bonchev–Trinajstić information content (AvgIpc) is 3.03. The number of sulfone groups is 1. The van der Waals surface area contributed by atoms with Gasteiger partial charge in [0.15, 0.2) is 14.6 Å². The fourth-order valence-corrected chi connectivity index (χ4v) is 4.98. The van der Waals surface area contributed by atoms with Gasteiger partial charge in [-0.3, -0.25) is 4.79 Å². The average molecular weight is 443 g/mol. The van der Waals surface area contributed by atoms with Gasteiger partial charge < -0.3 is 8.98 Å². The van der Waals surface area contributed by atoms with E-state index in [1.54, 1.807) is 42.5 Å². The van der Waals surface area contributed by atoms with E-state index in [2.05, 4.69) is 4.99 Å². The summed E-state index contributed by atoms with van der Waals surface area (Å²) in [4.78, 5) is 29.9. The van der Waals surface area contributed by atoms with Crippen LogP contribution in [0.1, 0.15) is 23.7 Å². The maximum Gasteiger partial charge on any atom is 0.349 e. The van der Waals surface area contributed by atoms with Gasteiger partial charge in [0, 0.05) is 18.2 Å². The van der Waals surface area contributed by atoms with Gasteiger partial charge in [0.2, 0.25) is 0 Å². The molecule has 0 saturated heterocycles. The number of benzene rings is 2. The molecule has 30 heavy (non-hydrogen) atoms. The van der Waals surface area contributed by atoms with Gasteiger partial charge in [0.05, 0.1) is 15.1 Å². The summed E-state index contributed by atoms with van der Waals surface area (Å²) in [6, 6.07) is 13.2. The lowest BCUT2D eigenvalue weighted by molar-refractivity contribution is 0.0994. The Morgan fingerprint density at radius 3 is 2.67 bits per heavy atom. The zero-order valence-corrected chi connectivity index (χ0v) is 17.9. The first kappa shape index (κ1) is 20.2. The van der Waals surface area contributed by atoms with E-state index in [9.17, 15) is 18.0 Å². The number of rotatable bonds is 4. The van der Waals surface area contributed by atoms with Gasteiger partial charge in [0.1, 0.15) is 11.1 Å². The van der Waals surface area contributed by atoms with Crippen LogP contribution in [-0.4, -0.2) is 25.1 Å². The molecule has 7 nitrogen and oxygen atoms in total. The molecule has 0 unspecified atom stereocenters. The van der Waals surface area contributed by atoms with Gasteiger partial charge in [0.25, 0.3) is 5.91 Å². The van der Waals surface area contributed by atoms with E-state index in [4.69, 9.17) is 4.42 Å². The SMILES string of the molecule is CCCn1c(=NC(=O)c2cc3ccccc3oc2=O)sc2cc(S(C)(=O)=O)ccc21. The molecule has 0 fully saturated rings. The van der Waals surface area contributed by atoms with Gasteiger partial charge in [-0.1, -0.05) is 36.5 Å². The lowest BCUT2D eigenvalue weighted by Gasteiger charge is -2.03. The van der Waals surface area contributed by atoms with Crippen LogP contribution in [0.2, 0.25) is 0 Å². The number of thiazole rings is 1. The summed E-state index contributed by atoms with van der Waals surface area (Å²) in [7, 11) is -3.36. The van der Waals surface area contributed by atoms with E-state index < -0.39 is 21.4 Å². The molecule has 0 bridgehead atoms. The fraction of sp³-hybridized carbons (Fsp3) is 0.190. The van der Waals surface area contributed by atoms with Gasteiger partial charge in [-0.2, -0.15) is 4.99 Å². The third kappa shape index (κ3) is 3.73. The standard InChI is InChI=1S/C21H18N2O5S2/c1-3-10-23-16-9-8-14(30(2,26)27)12-18(16)29-21(23)22-19(24)15-11-13-6-4-5-7-17(13)28-20(15)25/h4-9,11-12H,3,10H2,1-2H3. The number of hydrogen-bond acceptors (Lipinski definition) is 6. The van der Waals surface area contributed by atoms with E-state index >= 15 is 0 Å². The lowest BCUT2D eigenvalue weighted by atomic mass is 10.2. The smallest absolute Gasteiger partial charge is 0.349 e. The molecule has 154 valence electrons. The van der Waals surface area contributed by atoms with E-state index in [0.29, 0.717) is 27.0 Å². The number of fused-ring (bicyclic) bond motifs is 2. The van der Waals surface area contributed by atoms with Gasteiger partial charge >= 0.3 is 5.63 Å². The molecule has 0 radical (unpaired) electrons. The number of nitrogens with zero attached hydrogens (tertiary/aromatic N) is 2. The second-order valence-corrected chi connectivity index (χ2v) is 9.87. The quantitative estimate of drug-likeness (QED) is 0.451. The van der Waals surface area contributed by atoms with Gasteiger partial charge in [-0.25, -0.2) is 13.2 Å². The monoisotopic (exact) mass is 442 g/mol. The van der Waals surface area contributed by atoms with Crippen molar-refractivity contribution in [2.45, 2.75) is 24.8 Å². The van der Waals surface area contributed by atoms with Crippen molar-refractivity contribution in [3.63, 3.8) is 0 Å². The third-order valence-corrected chi connectivity index (χ3v) is 6.75. The Balaban J connectivity index is 1.89. The van der Waals surface area contributed by atoms with Gasteiger partial charge in [-0.15, -0.1) is 0 Å². The highest BCUT2D eigenvalue weighted by molar-refractivity contribution is 7.90. The summed E-state index contributed by atoms with van der Waals surface area (Å²) < 4.78 is 31.5. The minimum Gasteiger partial charge on any atom is -0.422 e. The maximum atomic E-state index is 12.8. The molecule has 9 heteroatoms. The minimum absolute atomic E-state index is 0.147. The van der Waals surface area contributed by atoms with Crippen LogP contribution in [-0.2, 0) is 16.4 Å². The first-order valence-electron chi connectivity index (χ1n) is 9.23. The largest absolute Gasteiger partial charge is 0.422 e. The molecule has 0 N–H and O–H groups in total. The van der Waals surface area contributed by atoms with Crippen molar-refractivity contribution in [2.24, 2.45) is 4.99 Å². The molecule has 4 rings (SSSR count). The highest BCUT2D eigenvalue weighted by Crippen LogP contribution is 2.22. The molecule has 0 saturated carbocycles. The molecule has 2 aromatic heterocycles. The minimum atomic E-state index is -3.36. The molecule has 0 aliphatic heterocycles. The lowest BCUT2D eigenvalue weighted by Crippen LogP contribution is -2.19. The number of aryl methyl sites for hydroxylation is 1. The Morgan fingerprint density at radius 2 is 1.93 bits per heavy atom. The van der Waals surface area contributed by atoms with E-state index in [1.807, 2.05) is 11.5 Å². The topological polar surface area (TPSA) is 98.7 Å². The predicted molar refractivity (Wildman–Crippen MR) is 116 cm³/mol. The second-order valence-electron chi connectivity index (χ2n) is 6.84. The zero-order valence-electron chi connectivity index (χ0n) is 16.3. The van der Waals surface area contributed by atoms with Crippen LogP contribution in [0.3, 0.4) is 0 Å². The highest BCUT2D eigenvalue weighted by Gasteiger charge is 2.16. The summed E-state index contributed by atoms with van der Waals surface area (Å²) in [5.41, 5.74) is 0.289. The van der Waals surface area contributed by atoms with Crippen molar-refractivity contribution in [2.75, 3.05) is 6.26 Å². The van der Waals surface area contributed by atoms with Crippen LogP contribution in [0.5, 0.6) is 0 Å². The summed E-state index contributed by atoms with van der Waals surface area (Å²) in [5.74, 6) is -0.700. The molecule has 2 heterocycles. The van der Waals surface area contributed by atoms with Crippen LogP contribution >= 0.6 is 11.3 Å². The van der Waals surface area contributed by atoms with E-state index in [0.717, 1.165) is 18.2 Å². The molecule has 0 atom stereocenters. The highest BCUT2D eigenvalue weighted by atomic mass is 32.2. The van der Waals surface area contributed by atoms with Crippen LogP contribution in [0, 0.1) is 0 Å². The molecule has 4 aromatic rings. The normalized spacial score (nSPS) is 12.7.